The molecule has 0 aliphatic heterocycles. The highest BCUT2D eigenvalue weighted by atomic mass is 32.1. The topological polar surface area (TPSA) is 64.4 Å². The lowest BCUT2D eigenvalue weighted by Crippen LogP contribution is -2.29. The van der Waals surface area contributed by atoms with Gasteiger partial charge < -0.3 is 14.6 Å². The van der Waals surface area contributed by atoms with Gasteiger partial charge in [-0.3, -0.25) is 4.79 Å². The second-order valence-corrected chi connectivity index (χ2v) is 6.13. The van der Waals surface area contributed by atoms with E-state index in [1.54, 1.807) is 11.3 Å². The van der Waals surface area contributed by atoms with Crippen LogP contribution in [0.25, 0.3) is 10.6 Å². The SMILES string of the molecule is CC(C)CCNC(=O)COCc1cc(-c2cccs2)on1. The van der Waals surface area contributed by atoms with E-state index in [9.17, 15) is 4.79 Å². The van der Waals surface area contributed by atoms with Gasteiger partial charge in [0, 0.05) is 12.6 Å². The number of rotatable bonds is 8. The average Bonchev–Trinajstić information content (AvgIpc) is 3.08. The van der Waals surface area contributed by atoms with Crippen molar-refractivity contribution in [1.29, 1.82) is 0 Å². The molecular weight excluding hydrogens is 288 g/mol. The highest BCUT2D eigenvalue weighted by Gasteiger charge is 2.08. The van der Waals surface area contributed by atoms with Crippen LogP contribution < -0.4 is 5.32 Å². The van der Waals surface area contributed by atoms with Crippen LogP contribution in [-0.2, 0) is 16.1 Å². The first kappa shape index (κ1) is 15.7. The molecule has 0 saturated carbocycles. The number of thiophene rings is 1. The van der Waals surface area contributed by atoms with Gasteiger partial charge in [0.05, 0.1) is 11.5 Å². The Morgan fingerprint density at radius 2 is 2.38 bits per heavy atom. The molecule has 1 N–H and O–H groups in total. The molecule has 0 aromatic carbocycles. The molecule has 0 radical (unpaired) electrons. The van der Waals surface area contributed by atoms with Crippen molar-refractivity contribution in [3.63, 3.8) is 0 Å². The normalized spacial score (nSPS) is 11.0. The number of hydrogen-bond acceptors (Lipinski definition) is 5. The summed E-state index contributed by atoms with van der Waals surface area (Å²) >= 11 is 1.59. The summed E-state index contributed by atoms with van der Waals surface area (Å²) in [4.78, 5) is 12.6. The Morgan fingerprint density at radius 1 is 1.52 bits per heavy atom. The fourth-order valence-electron chi connectivity index (χ4n) is 1.71. The number of hydrogen-bond donors (Lipinski definition) is 1. The molecule has 114 valence electrons. The maximum Gasteiger partial charge on any atom is 0.246 e. The maximum atomic E-state index is 11.5. The van der Waals surface area contributed by atoms with Crippen molar-refractivity contribution >= 4 is 17.2 Å². The molecule has 0 aliphatic carbocycles. The predicted octanol–water partition coefficient (Wildman–Crippen LogP) is 3.08. The molecule has 0 bridgehead atoms. The first-order valence-corrected chi connectivity index (χ1v) is 7.87. The van der Waals surface area contributed by atoms with Crippen LogP contribution in [0, 0.1) is 5.92 Å². The molecule has 2 aromatic heterocycles. The number of amides is 1. The summed E-state index contributed by atoms with van der Waals surface area (Å²) < 4.78 is 10.6. The van der Waals surface area contributed by atoms with Gasteiger partial charge in [-0.1, -0.05) is 25.1 Å². The van der Waals surface area contributed by atoms with Gasteiger partial charge >= 0.3 is 0 Å². The summed E-state index contributed by atoms with van der Waals surface area (Å²) in [6, 6.07) is 5.76. The number of carbonyl (C=O) groups is 1. The fourth-order valence-corrected chi connectivity index (χ4v) is 2.39. The molecular formula is C15H20N2O3S. The molecule has 0 fully saturated rings. The van der Waals surface area contributed by atoms with Crippen LogP contribution in [0.15, 0.2) is 28.1 Å². The van der Waals surface area contributed by atoms with Gasteiger partial charge in [-0.05, 0) is 23.8 Å². The van der Waals surface area contributed by atoms with Gasteiger partial charge in [-0.2, -0.15) is 0 Å². The molecule has 0 aliphatic rings. The van der Waals surface area contributed by atoms with E-state index in [1.807, 2.05) is 23.6 Å². The molecule has 2 aromatic rings. The molecule has 0 atom stereocenters. The van der Waals surface area contributed by atoms with Gasteiger partial charge in [0.25, 0.3) is 0 Å². The number of carbonyl (C=O) groups excluding carboxylic acids is 1. The smallest absolute Gasteiger partial charge is 0.246 e. The summed E-state index contributed by atoms with van der Waals surface area (Å²) in [5.41, 5.74) is 0.688. The summed E-state index contributed by atoms with van der Waals surface area (Å²) in [5.74, 6) is 1.21. The lowest BCUT2D eigenvalue weighted by Gasteiger charge is -2.06. The molecule has 2 heterocycles. The van der Waals surface area contributed by atoms with Crippen molar-refractivity contribution < 1.29 is 14.1 Å². The summed E-state index contributed by atoms with van der Waals surface area (Å²) in [6.07, 6.45) is 0.971. The van der Waals surface area contributed by atoms with E-state index in [4.69, 9.17) is 9.26 Å². The highest BCUT2D eigenvalue weighted by Crippen LogP contribution is 2.25. The zero-order chi connectivity index (χ0) is 15.1. The first-order valence-electron chi connectivity index (χ1n) is 6.99. The number of ether oxygens (including phenoxy) is 1. The molecule has 21 heavy (non-hydrogen) atoms. The first-order chi connectivity index (χ1) is 10.1. The molecule has 0 saturated heterocycles. The molecule has 6 heteroatoms. The fraction of sp³-hybridized carbons (Fsp3) is 0.467. The lowest BCUT2D eigenvalue weighted by atomic mass is 10.1. The van der Waals surface area contributed by atoms with E-state index in [1.165, 1.54) is 0 Å². The largest absolute Gasteiger partial charge is 0.365 e. The monoisotopic (exact) mass is 308 g/mol. The van der Waals surface area contributed by atoms with E-state index in [0.29, 0.717) is 18.2 Å². The Morgan fingerprint density at radius 3 is 3.10 bits per heavy atom. The van der Waals surface area contributed by atoms with Crippen LogP contribution in [0.5, 0.6) is 0 Å². The van der Waals surface area contributed by atoms with E-state index in [-0.39, 0.29) is 19.1 Å². The summed E-state index contributed by atoms with van der Waals surface area (Å²) in [5, 5.41) is 8.73. The predicted molar refractivity (Wildman–Crippen MR) is 81.9 cm³/mol. The molecule has 1 amide bonds. The zero-order valence-corrected chi connectivity index (χ0v) is 13.1. The number of nitrogens with zero attached hydrogens (tertiary/aromatic N) is 1. The van der Waals surface area contributed by atoms with Gasteiger partial charge in [0.1, 0.15) is 12.3 Å². The Hall–Kier alpha value is -1.66. The maximum absolute atomic E-state index is 11.5. The lowest BCUT2D eigenvalue weighted by molar-refractivity contribution is -0.126. The Bertz CT molecular complexity index is 549. The van der Waals surface area contributed by atoms with Crippen molar-refractivity contribution in [2.45, 2.75) is 26.9 Å². The number of nitrogens with one attached hydrogen (secondary N) is 1. The van der Waals surface area contributed by atoms with Gasteiger partial charge in [-0.15, -0.1) is 11.3 Å². The minimum atomic E-state index is -0.0994. The van der Waals surface area contributed by atoms with Gasteiger partial charge in [0.15, 0.2) is 5.76 Å². The average molecular weight is 308 g/mol. The second kappa shape index (κ2) is 7.95. The van der Waals surface area contributed by atoms with Crippen LogP contribution in [0.1, 0.15) is 26.0 Å². The third-order valence-corrected chi connectivity index (χ3v) is 3.73. The van der Waals surface area contributed by atoms with Crippen LogP contribution >= 0.6 is 11.3 Å². The quantitative estimate of drug-likeness (QED) is 0.814. The van der Waals surface area contributed by atoms with Crippen molar-refractivity contribution in [2.24, 2.45) is 5.92 Å². The van der Waals surface area contributed by atoms with Crippen molar-refractivity contribution in [1.82, 2.24) is 10.5 Å². The van der Waals surface area contributed by atoms with Gasteiger partial charge in [0.2, 0.25) is 5.91 Å². The zero-order valence-electron chi connectivity index (χ0n) is 12.3. The highest BCUT2D eigenvalue weighted by molar-refractivity contribution is 7.13. The van der Waals surface area contributed by atoms with Crippen molar-refractivity contribution in [2.75, 3.05) is 13.2 Å². The molecule has 5 nitrogen and oxygen atoms in total. The molecule has 0 unspecified atom stereocenters. The van der Waals surface area contributed by atoms with E-state index in [2.05, 4.69) is 24.3 Å². The summed E-state index contributed by atoms with van der Waals surface area (Å²) in [6.45, 7) is 5.24. The number of aromatic nitrogens is 1. The van der Waals surface area contributed by atoms with Crippen molar-refractivity contribution in [3.05, 3.63) is 29.3 Å². The second-order valence-electron chi connectivity index (χ2n) is 5.19. The molecule has 0 spiro atoms. The van der Waals surface area contributed by atoms with Crippen LogP contribution in [0.4, 0.5) is 0 Å². The standard InChI is InChI=1S/C15H20N2O3S/c1-11(2)5-6-16-15(18)10-19-9-12-8-13(20-17-12)14-4-3-7-21-14/h3-4,7-8,11H,5-6,9-10H2,1-2H3,(H,16,18). The Labute approximate surface area is 128 Å². The summed E-state index contributed by atoms with van der Waals surface area (Å²) in [7, 11) is 0. The van der Waals surface area contributed by atoms with Crippen molar-refractivity contribution in [3.8, 4) is 10.6 Å². The van der Waals surface area contributed by atoms with Gasteiger partial charge in [-0.25, -0.2) is 0 Å². The van der Waals surface area contributed by atoms with E-state index >= 15 is 0 Å². The third kappa shape index (κ3) is 5.32. The van der Waals surface area contributed by atoms with Crippen LogP contribution in [0.3, 0.4) is 0 Å². The minimum absolute atomic E-state index is 0.0410. The van der Waals surface area contributed by atoms with Crippen LogP contribution in [-0.4, -0.2) is 24.2 Å². The van der Waals surface area contributed by atoms with E-state index < -0.39 is 0 Å². The van der Waals surface area contributed by atoms with Crippen LogP contribution in [0.2, 0.25) is 0 Å². The van der Waals surface area contributed by atoms with E-state index in [0.717, 1.165) is 17.1 Å². The Kier molecular flexibility index (Phi) is 5.95. The Balaban J connectivity index is 1.68. The third-order valence-electron chi connectivity index (χ3n) is 2.85. The minimum Gasteiger partial charge on any atom is -0.365 e. The molecule has 2 rings (SSSR count).